The topological polar surface area (TPSA) is 8.17 Å². The minimum Gasteiger partial charge on any atom is -0.310 e. The van der Waals surface area contributed by atoms with Crippen LogP contribution in [0.5, 0.6) is 0 Å². The van der Waals surface area contributed by atoms with Gasteiger partial charge in [0.05, 0.1) is 11.0 Å². The molecule has 7 aromatic carbocycles. The SMILES string of the molecule is c1ccc(-c2ccc(-c3ccc(N(c4ccccc4)c4ccc5c(c4)c4ccccc4n5-c4ccccc4)cc3)cc2)cc1. The summed E-state index contributed by atoms with van der Waals surface area (Å²) in [5.74, 6) is 0. The zero-order chi connectivity index (χ0) is 29.3. The van der Waals surface area contributed by atoms with E-state index in [0.717, 1.165) is 17.1 Å². The maximum absolute atomic E-state index is 2.36. The number of fused-ring (bicyclic) bond motifs is 3. The molecule has 2 nitrogen and oxygen atoms in total. The van der Waals surface area contributed by atoms with Crippen LogP contribution in [-0.2, 0) is 0 Å². The van der Waals surface area contributed by atoms with Crippen molar-refractivity contribution in [1.29, 1.82) is 0 Å². The number of hydrogen-bond donors (Lipinski definition) is 0. The quantitative estimate of drug-likeness (QED) is 0.196. The van der Waals surface area contributed by atoms with Crippen LogP contribution < -0.4 is 4.90 Å². The smallest absolute Gasteiger partial charge is 0.0542 e. The van der Waals surface area contributed by atoms with Crippen LogP contribution in [0.4, 0.5) is 17.1 Å². The van der Waals surface area contributed by atoms with Crippen LogP contribution in [0.2, 0.25) is 0 Å². The Hall–Kier alpha value is -5.86. The Kier molecular flexibility index (Phi) is 6.51. The van der Waals surface area contributed by atoms with E-state index in [1.807, 2.05) is 0 Å². The van der Waals surface area contributed by atoms with E-state index in [4.69, 9.17) is 0 Å². The van der Waals surface area contributed by atoms with Gasteiger partial charge in [-0.05, 0) is 82.9 Å². The van der Waals surface area contributed by atoms with E-state index in [2.05, 4.69) is 191 Å². The molecule has 0 aliphatic carbocycles. The highest BCUT2D eigenvalue weighted by Crippen LogP contribution is 2.40. The minimum atomic E-state index is 1.12. The van der Waals surface area contributed by atoms with Gasteiger partial charge in [-0.1, -0.05) is 121 Å². The summed E-state index contributed by atoms with van der Waals surface area (Å²) in [6, 6.07) is 65.0. The molecule has 8 rings (SSSR count). The monoisotopic (exact) mass is 562 g/mol. The van der Waals surface area contributed by atoms with Gasteiger partial charge in [-0.2, -0.15) is 0 Å². The molecule has 0 fully saturated rings. The van der Waals surface area contributed by atoms with Crippen LogP contribution in [-0.4, -0.2) is 4.57 Å². The molecule has 8 aromatic rings. The lowest BCUT2D eigenvalue weighted by atomic mass is 10.00. The van der Waals surface area contributed by atoms with Crippen molar-refractivity contribution < 1.29 is 0 Å². The fourth-order valence-electron chi connectivity index (χ4n) is 6.27. The predicted molar refractivity (Wildman–Crippen MR) is 186 cm³/mol. The summed E-state index contributed by atoms with van der Waals surface area (Å²) in [5.41, 5.74) is 11.8. The van der Waals surface area contributed by atoms with Crippen molar-refractivity contribution in [3.8, 4) is 27.9 Å². The van der Waals surface area contributed by atoms with Crippen molar-refractivity contribution in [2.45, 2.75) is 0 Å². The lowest BCUT2D eigenvalue weighted by Crippen LogP contribution is -2.09. The average molecular weight is 563 g/mol. The second-order valence-electron chi connectivity index (χ2n) is 11.1. The maximum atomic E-state index is 2.36. The molecule has 2 heteroatoms. The van der Waals surface area contributed by atoms with Crippen molar-refractivity contribution in [3.63, 3.8) is 0 Å². The molecule has 208 valence electrons. The number of para-hydroxylation sites is 3. The molecule has 0 N–H and O–H groups in total. The van der Waals surface area contributed by atoms with E-state index in [0.29, 0.717) is 0 Å². The Morgan fingerprint density at radius 3 is 1.43 bits per heavy atom. The van der Waals surface area contributed by atoms with Gasteiger partial charge < -0.3 is 9.47 Å². The summed E-state index contributed by atoms with van der Waals surface area (Å²) in [4.78, 5) is 2.34. The van der Waals surface area contributed by atoms with Gasteiger partial charge in [0, 0.05) is 33.5 Å². The molecule has 0 unspecified atom stereocenters. The van der Waals surface area contributed by atoms with E-state index in [9.17, 15) is 0 Å². The molecule has 0 atom stereocenters. The molecule has 0 aliphatic rings. The molecule has 0 spiro atoms. The highest BCUT2D eigenvalue weighted by atomic mass is 15.1. The lowest BCUT2D eigenvalue weighted by Gasteiger charge is -2.26. The number of benzene rings is 7. The molecule has 0 amide bonds. The van der Waals surface area contributed by atoms with Crippen molar-refractivity contribution in [1.82, 2.24) is 4.57 Å². The van der Waals surface area contributed by atoms with Crippen LogP contribution >= 0.6 is 0 Å². The molecule has 0 saturated carbocycles. The first kappa shape index (κ1) is 25.8. The van der Waals surface area contributed by atoms with Crippen molar-refractivity contribution >= 4 is 38.9 Å². The highest BCUT2D eigenvalue weighted by molar-refractivity contribution is 6.10. The Morgan fingerprint density at radius 2 is 0.773 bits per heavy atom. The highest BCUT2D eigenvalue weighted by Gasteiger charge is 2.17. The Balaban J connectivity index is 1.21. The van der Waals surface area contributed by atoms with E-state index < -0.39 is 0 Å². The number of hydrogen-bond acceptors (Lipinski definition) is 1. The van der Waals surface area contributed by atoms with Gasteiger partial charge in [-0.25, -0.2) is 0 Å². The zero-order valence-electron chi connectivity index (χ0n) is 24.2. The normalized spacial score (nSPS) is 11.2. The average Bonchev–Trinajstić information content (AvgIpc) is 3.44. The number of aromatic nitrogens is 1. The molecule has 1 aromatic heterocycles. The molecule has 0 radical (unpaired) electrons. The first-order valence-electron chi connectivity index (χ1n) is 15.0. The van der Waals surface area contributed by atoms with Crippen LogP contribution in [0, 0.1) is 0 Å². The maximum Gasteiger partial charge on any atom is 0.0542 e. The first-order valence-corrected chi connectivity index (χ1v) is 15.0. The predicted octanol–water partition coefficient (Wildman–Crippen LogP) is 11.6. The number of nitrogens with zero attached hydrogens (tertiary/aromatic N) is 2. The van der Waals surface area contributed by atoms with E-state index in [1.165, 1.54) is 49.7 Å². The molecular formula is C42H30N2. The van der Waals surface area contributed by atoms with Crippen molar-refractivity contribution in [2.24, 2.45) is 0 Å². The zero-order valence-corrected chi connectivity index (χ0v) is 24.2. The first-order chi connectivity index (χ1) is 21.8. The van der Waals surface area contributed by atoms with E-state index in [1.54, 1.807) is 0 Å². The summed E-state index contributed by atoms with van der Waals surface area (Å²) in [6.45, 7) is 0. The van der Waals surface area contributed by atoms with Gasteiger partial charge in [-0.15, -0.1) is 0 Å². The van der Waals surface area contributed by atoms with E-state index in [-0.39, 0.29) is 0 Å². The Bertz CT molecular complexity index is 2180. The van der Waals surface area contributed by atoms with Crippen LogP contribution in [0.15, 0.2) is 182 Å². The summed E-state index contributed by atoms with van der Waals surface area (Å²) >= 11 is 0. The molecule has 0 bridgehead atoms. The van der Waals surface area contributed by atoms with Crippen molar-refractivity contribution in [3.05, 3.63) is 182 Å². The third-order valence-corrected chi connectivity index (χ3v) is 8.39. The fraction of sp³-hybridized carbons (Fsp3) is 0. The molecule has 44 heavy (non-hydrogen) atoms. The second kappa shape index (κ2) is 11.1. The molecule has 0 saturated heterocycles. The Morgan fingerprint density at radius 1 is 0.318 bits per heavy atom. The molecule has 1 heterocycles. The van der Waals surface area contributed by atoms with Crippen LogP contribution in [0.1, 0.15) is 0 Å². The number of rotatable bonds is 6. The van der Waals surface area contributed by atoms with Gasteiger partial charge in [0.2, 0.25) is 0 Å². The third-order valence-electron chi connectivity index (χ3n) is 8.39. The van der Waals surface area contributed by atoms with E-state index >= 15 is 0 Å². The fourth-order valence-corrected chi connectivity index (χ4v) is 6.27. The van der Waals surface area contributed by atoms with Gasteiger partial charge >= 0.3 is 0 Å². The second-order valence-corrected chi connectivity index (χ2v) is 11.1. The summed E-state index contributed by atoms with van der Waals surface area (Å²) in [7, 11) is 0. The molecular weight excluding hydrogens is 532 g/mol. The minimum absolute atomic E-state index is 1.12. The van der Waals surface area contributed by atoms with Crippen LogP contribution in [0.3, 0.4) is 0 Å². The standard InChI is InChI=1S/C42H30N2/c1-4-12-31(13-5-1)32-20-22-33(23-21-32)34-24-26-37(27-25-34)43(35-14-6-2-7-15-35)38-28-29-42-40(30-38)39-18-10-11-19-41(39)44(42)36-16-8-3-9-17-36/h1-30H. The van der Waals surface area contributed by atoms with Gasteiger partial charge in [0.25, 0.3) is 0 Å². The Labute approximate surface area is 257 Å². The van der Waals surface area contributed by atoms with Crippen LogP contribution in [0.25, 0.3) is 49.7 Å². The van der Waals surface area contributed by atoms with Gasteiger partial charge in [0.15, 0.2) is 0 Å². The summed E-state index contributed by atoms with van der Waals surface area (Å²) in [5, 5.41) is 2.48. The summed E-state index contributed by atoms with van der Waals surface area (Å²) in [6.07, 6.45) is 0. The third kappa shape index (κ3) is 4.63. The van der Waals surface area contributed by atoms with Gasteiger partial charge in [0.1, 0.15) is 0 Å². The summed E-state index contributed by atoms with van der Waals surface area (Å²) < 4.78 is 2.36. The van der Waals surface area contributed by atoms with Crippen molar-refractivity contribution in [2.75, 3.05) is 4.90 Å². The van der Waals surface area contributed by atoms with Gasteiger partial charge in [-0.3, -0.25) is 0 Å². The molecule has 0 aliphatic heterocycles. The number of anilines is 3. The lowest BCUT2D eigenvalue weighted by molar-refractivity contribution is 1.18. The largest absolute Gasteiger partial charge is 0.310 e.